The SMILES string of the molecule is C/C=C/COc1cccc(O)c1. The standard InChI is InChI=1S/C10H12O2/c1-2-3-7-12-10-6-4-5-9(11)8-10/h2-6,8,11H,7H2,1H3/b3-2+. The van der Waals surface area contributed by atoms with Crippen molar-refractivity contribution in [3.63, 3.8) is 0 Å². The van der Waals surface area contributed by atoms with Crippen molar-refractivity contribution in [1.82, 2.24) is 0 Å². The summed E-state index contributed by atoms with van der Waals surface area (Å²) in [6.07, 6.45) is 3.83. The molecule has 0 aliphatic heterocycles. The molecule has 0 amide bonds. The van der Waals surface area contributed by atoms with E-state index in [1.165, 1.54) is 0 Å². The fourth-order valence-corrected chi connectivity index (χ4v) is 0.814. The van der Waals surface area contributed by atoms with Gasteiger partial charge in [0.05, 0.1) is 0 Å². The van der Waals surface area contributed by atoms with Crippen molar-refractivity contribution < 1.29 is 9.84 Å². The molecule has 0 heterocycles. The van der Waals surface area contributed by atoms with Crippen molar-refractivity contribution in [3.05, 3.63) is 36.4 Å². The maximum atomic E-state index is 9.07. The molecule has 1 rings (SSSR count). The van der Waals surface area contributed by atoms with Gasteiger partial charge in [0.25, 0.3) is 0 Å². The second-order valence-corrected chi connectivity index (χ2v) is 2.38. The third-order valence-corrected chi connectivity index (χ3v) is 1.40. The second kappa shape index (κ2) is 4.44. The van der Waals surface area contributed by atoms with E-state index in [0.717, 1.165) is 0 Å². The van der Waals surface area contributed by atoms with Crippen molar-refractivity contribution in [2.75, 3.05) is 6.61 Å². The number of ether oxygens (including phenoxy) is 1. The minimum Gasteiger partial charge on any atom is -0.508 e. The van der Waals surface area contributed by atoms with Gasteiger partial charge in [-0.2, -0.15) is 0 Å². The third-order valence-electron chi connectivity index (χ3n) is 1.40. The fraction of sp³-hybridized carbons (Fsp3) is 0.200. The molecule has 0 fully saturated rings. The fourth-order valence-electron chi connectivity index (χ4n) is 0.814. The Balaban J connectivity index is 2.52. The van der Waals surface area contributed by atoms with E-state index in [1.54, 1.807) is 18.2 Å². The maximum absolute atomic E-state index is 9.07. The van der Waals surface area contributed by atoms with Gasteiger partial charge in [-0.25, -0.2) is 0 Å². The molecule has 0 saturated carbocycles. The van der Waals surface area contributed by atoms with Crippen LogP contribution in [0.2, 0.25) is 0 Å². The van der Waals surface area contributed by atoms with Gasteiger partial charge in [-0.05, 0) is 19.1 Å². The number of benzene rings is 1. The summed E-state index contributed by atoms with van der Waals surface area (Å²) in [5, 5.41) is 9.07. The number of phenols is 1. The van der Waals surface area contributed by atoms with Gasteiger partial charge in [0.15, 0.2) is 0 Å². The molecule has 1 N–H and O–H groups in total. The van der Waals surface area contributed by atoms with Gasteiger partial charge < -0.3 is 9.84 Å². The summed E-state index contributed by atoms with van der Waals surface area (Å²) in [5.74, 6) is 0.918. The van der Waals surface area contributed by atoms with E-state index >= 15 is 0 Å². The van der Waals surface area contributed by atoms with Crippen molar-refractivity contribution in [2.24, 2.45) is 0 Å². The monoisotopic (exact) mass is 164 g/mol. The van der Waals surface area contributed by atoms with Crippen LogP contribution >= 0.6 is 0 Å². The summed E-state index contributed by atoms with van der Waals surface area (Å²) in [6.45, 7) is 2.48. The Morgan fingerprint density at radius 3 is 3.00 bits per heavy atom. The Labute approximate surface area is 72.1 Å². The third kappa shape index (κ3) is 2.66. The van der Waals surface area contributed by atoms with Crippen LogP contribution < -0.4 is 4.74 Å². The van der Waals surface area contributed by atoms with E-state index in [2.05, 4.69) is 0 Å². The van der Waals surface area contributed by atoms with E-state index in [1.807, 2.05) is 25.1 Å². The van der Waals surface area contributed by atoms with Crippen LogP contribution in [0.1, 0.15) is 6.92 Å². The van der Waals surface area contributed by atoms with Crippen molar-refractivity contribution in [3.8, 4) is 11.5 Å². The van der Waals surface area contributed by atoms with Crippen molar-refractivity contribution >= 4 is 0 Å². The topological polar surface area (TPSA) is 29.5 Å². The molecule has 1 aromatic carbocycles. The van der Waals surface area contributed by atoms with E-state index in [-0.39, 0.29) is 5.75 Å². The first-order chi connectivity index (χ1) is 5.83. The number of allylic oxidation sites excluding steroid dienone is 1. The van der Waals surface area contributed by atoms with Gasteiger partial charge in [-0.3, -0.25) is 0 Å². The predicted molar refractivity (Wildman–Crippen MR) is 48.4 cm³/mol. The summed E-state index contributed by atoms with van der Waals surface area (Å²) in [5.41, 5.74) is 0. The molecule has 12 heavy (non-hydrogen) atoms. The number of hydrogen-bond acceptors (Lipinski definition) is 2. The summed E-state index contributed by atoms with van der Waals surface area (Å²) in [6, 6.07) is 6.76. The van der Waals surface area contributed by atoms with Crippen LogP contribution in [0.4, 0.5) is 0 Å². The van der Waals surface area contributed by atoms with Crippen molar-refractivity contribution in [1.29, 1.82) is 0 Å². The lowest BCUT2D eigenvalue weighted by molar-refractivity contribution is 0.359. The summed E-state index contributed by atoms with van der Waals surface area (Å²) >= 11 is 0. The highest BCUT2D eigenvalue weighted by atomic mass is 16.5. The van der Waals surface area contributed by atoms with Gasteiger partial charge in [-0.15, -0.1) is 0 Å². The van der Waals surface area contributed by atoms with Crippen LogP contribution in [-0.2, 0) is 0 Å². The van der Waals surface area contributed by atoms with E-state index < -0.39 is 0 Å². The molecule has 0 unspecified atom stereocenters. The molecular formula is C10H12O2. The summed E-state index contributed by atoms with van der Waals surface area (Å²) in [4.78, 5) is 0. The molecule has 0 bridgehead atoms. The van der Waals surface area contributed by atoms with Gasteiger partial charge in [-0.1, -0.05) is 18.2 Å². The average Bonchev–Trinajstić information content (AvgIpc) is 2.05. The van der Waals surface area contributed by atoms with Crippen LogP contribution in [-0.4, -0.2) is 11.7 Å². The minimum absolute atomic E-state index is 0.230. The molecule has 0 radical (unpaired) electrons. The van der Waals surface area contributed by atoms with E-state index in [0.29, 0.717) is 12.4 Å². The molecule has 1 aromatic rings. The molecule has 0 spiro atoms. The Morgan fingerprint density at radius 1 is 1.50 bits per heavy atom. The smallest absolute Gasteiger partial charge is 0.123 e. The maximum Gasteiger partial charge on any atom is 0.123 e. The minimum atomic E-state index is 0.230. The largest absolute Gasteiger partial charge is 0.508 e. The zero-order valence-corrected chi connectivity index (χ0v) is 7.03. The number of hydrogen-bond donors (Lipinski definition) is 1. The highest BCUT2D eigenvalue weighted by Crippen LogP contribution is 2.17. The lowest BCUT2D eigenvalue weighted by Crippen LogP contribution is -1.92. The Morgan fingerprint density at radius 2 is 2.33 bits per heavy atom. The molecule has 2 nitrogen and oxygen atoms in total. The molecule has 0 aromatic heterocycles. The average molecular weight is 164 g/mol. The highest BCUT2D eigenvalue weighted by molar-refractivity contribution is 5.31. The predicted octanol–water partition coefficient (Wildman–Crippen LogP) is 2.35. The number of rotatable bonds is 3. The molecule has 2 heteroatoms. The highest BCUT2D eigenvalue weighted by Gasteiger charge is 1.91. The molecule has 0 atom stereocenters. The molecule has 0 aliphatic rings. The quantitative estimate of drug-likeness (QED) is 0.695. The van der Waals surface area contributed by atoms with Crippen LogP contribution in [0.15, 0.2) is 36.4 Å². The number of phenolic OH excluding ortho intramolecular Hbond substituents is 1. The van der Waals surface area contributed by atoms with Crippen LogP contribution in [0, 0.1) is 0 Å². The zero-order chi connectivity index (χ0) is 8.81. The van der Waals surface area contributed by atoms with Crippen molar-refractivity contribution in [2.45, 2.75) is 6.92 Å². The Hall–Kier alpha value is -1.44. The molecular weight excluding hydrogens is 152 g/mol. The zero-order valence-electron chi connectivity index (χ0n) is 7.03. The first kappa shape index (κ1) is 8.65. The van der Waals surface area contributed by atoms with Gasteiger partial charge in [0, 0.05) is 6.07 Å². The summed E-state index contributed by atoms with van der Waals surface area (Å²) < 4.78 is 5.28. The number of aromatic hydroxyl groups is 1. The molecule has 64 valence electrons. The molecule has 0 saturated heterocycles. The first-order valence-corrected chi connectivity index (χ1v) is 3.86. The van der Waals surface area contributed by atoms with Gasteiger partial charge in [0.2, 0.25) is 0 Å². The lowest BCUT2D eigenvalue weighted by atomic mass is 10.3. The Bertz CT molecular complexity index is 266. The lowest BCUT2D eigenvalue weighted by Gasteiger charge is -2.02. The first-order valence-electron chi connectivity index (χ1n) is 3.86. The van der Waals surface area contributed by atoms with E-state index in [9.17, 15) is 0 Å². The van der Waals surface area contributed by atoms with Crippen LogP contribution in [0.5, 0.6) is 11.5 Å². The van der Waals surface area contributed by atoms with Gasteiger partial charge in [0.1, 0.15) is 18.1 Å². The van der Waals surface area contributed by atoms with E-state index in [4.69, 9.17) is 9.84 Å². The second-order valence-electron chi connectivity index (χ2n) is 2.38. The van der Waals surface area contributed by atoms with Crippen LogP contribution in [0.3, 0.4) is 0 Å². The Kier molecular flexibility index (Phi) is 3.20. The normalized spacial score (nSPS) is 10.4. The molecule has 0 aliphatic carbocycles. The van der Waals surface area contributed by atoms with Gasteiger partial charge >= 0.3 is 0 Å². The summed E-state index contributed by atoms with van der Waals surface area (Å²) in [7, 11) is 0. The van der Waals surface area contributed by atoms with Crippen LogP contribution in [0.25, 0.3) is 0 Å².